The summed E-state index contributed by atoms with van der Waals surface area (Å²) in [4.78, 5) is 0. The summed E-state index contributed by atoms with van der Waals surface area (Å²) < 4.78 is 0. The van der Waals surface area contributed by atoms with Crippen molar-refractivity contribution in [1.29, 1.82) is 0 Å². The van der Waals surface area contributed by atoms with Crippen LogP contribution in [0.4, 0.5) is 0 Å². The van der Waals surface area contributed by atoms with E-state index in [1.54, 1.807) is 21.5 Å². The van der Waals surface area contributed by atoms with Gasteiger partial charge in [-0.3, -0.25) is 0 Å². The van der Waals surface area contributed by atoms with Crippen molar-refractivity contribution in [3.63, 3.8) is 0 Å². The van der Waals surface area contributed by atoms with Crippen LogP contribution >= 0.6 is 0 Å². The molecular weight excluding hydrogens is 815 g/mol. The second kappa shape index (κ2) is 23.4. The summed E-state index contributed by atoms with van der Waals surface area (Å²) in [5.41, 5.74) is 11.7. The molecule has 56 heavy (non-hydrogen) atoms. The second-order valence-electron chi connectivity index (χ2n) is 16.5. The monoisotopic (exact) mass is 878 g/mol. The van der Waals surface area contributed by atoms with Crippen molar-refractivity contribution in [2.75, 3.05) is 0 Å². The Morgan fingerprint density at radius 1 is 0.429 bits per heavy atom. The van der Waals surface area contributed by atoms with Crippen LogP contribution < -0.4 is 35.2 Å². The molecule has 0 aliphatic heterocycles. The number of rotatable bonds is 20. The summed E-state index contributed by atoms with van der Waals surface area (Å²) in [6, 6.07) is 38.6. The smallest absolute Gasteiger partial charge is 1.00 e. The predicted molar refractivity (Wildman–Crippen MR) is 240 cm³/mol. The van der Waals surface area contributed by atoms with Gasteiger partial charge in [0.2, 0.25) is 0 Å². The number of benzene rings is 4. The predicted octanol–water partition coefficient (Wildman–Crippen LogP) is 8.52. The van der Waals surface area contributed by atoms with Gasteiger partial charge in [0.25, 0.3) is 0 Å². The normalized spacial score (nSPS) is 11.4. The van der Waals surface area contributed by atoms with E-state index in [0.29, 0.717) is 0 Å². The second-order valence-corrected chi connectivity index (χ2v) is 20.7. The van der Waals surface area contributed by atoms with E-state index in [1.165, 1.54) is 158 Å². The fraction of sp³-hybridized carbons (Fsp3) is 0.423. The largest absolute Gasteiger partial charge is 4.00 e. The van der Waals surface area contributed by atoms with Crippen LogP contribution in [0.25, 0.3) is 43.8 Å². The summed E-state index contributed by atoms with van der Waals surface area (Å²) in [6.07, 6.45) is 20.0. The first-order valence-corrected chi connectivity index (χ1v) is 24.5. The van der Waals surface area contributed by atoms with Crippen LogP contribution in [0.15, 0.2) is 97.1 Å². The summed E-state index contributed by atoms with van der Waals surface area (Å²) in [6.45, 7) is 14.6. The molecule has 0 radical (unpaired) electrons. The topological polar surface area (TPSA) is 0 Å². The molecule has 4 heteroatoms. The van der Waals surface area contributed by atoms with Crippen molar-refractivity contribution >= 4 is 40.0 Å². The molecular formula is C52H66Cl2SiZr. The van der Waals surface area contributed by atoms with E-state index in [2.05, 4.69) is 138 Å². The van der Waals surface area contributed by atoms with Crippen molar-refractivity contribution in [2.24, 2.45) is 0 Å². The Hall–Kier alpha value is -2.22. The summed E-state index contributed by atoms with van der Waals surface area (Å²) >= 11 is 0. The molecule has 6 aromatic carbocycles. The van der Waals surface area contributed by atoms with E-state index in [1.807, 2.05) is 0 Å². The molecule has 0 N–H and O–H groups in total. The number of hydrogen-bond donors (Lipinski definition) is 0. The van der Waals surface area contributed by atoms with E-state index in [0.717, 1.165) is 0 Å². The molecule has 0 aliphatic rings. The minimum absolute atomic E-state index is 0. The van der Waals surface area contributed by atoms with Gasteiger partial charge in [-0.15, -0.1) is 69.1 Å². The quantitative estimate of drug-likeness (QED) is 0.0410. The van der Waals surface area contributed by atoms with Crippen molar-refractivity contribution in [1.82, 2.24) is 0 Å². The maximum atomic E-state index is 2.71. The third kappa shape index (κ3) is 11.1. The SMILES string of the molecule is CCCCCCc1[cH-]c2cccc(-c3ccc(CCCC)cc3)c2c1[Si](C)(C)c1c(CCCCCC)[cH-]c2cccc(-c3ccc(CCCC)cc3)c12.[Cl-].[Cl-].[Zr+4]. The molecule has 0 saturated carbocycles. The zero-order chi connectivity index (χ0) is 37.2. The molecule has 296 valence electrons. The molecule has 0 amide bonds. The number of aryl methyl sites for hydroxylation is 4. The number of halogens is 2. The van der Waals surface area contributed by atoms with E-state index < -0.39 is 8.07 Å². The van der Waals surface area contributed by atoms with Crippen LogP contribution in [0.3, 0.4) is 0 Å². The molecule has 6 rings (SSSR count). The van der Waals surface area contributed by atoms with Crippen molar-refractivity contribution in [3.05, 3.63) is 119 Å². The first-order chi connectivity index (χ1) is 25.9. The van der Waals surface area contributed by atoms with Gasteiger partial charge >= 0.3 is 26.2 Å². The fourth-order valence-electron chi connectivity index (χ4n) is 9.16. The van der Waals surface area contributed by atoms with Crippen LogP contribution in [-0.4, -0.2) is 8.07 Å². The summed E-state index contributed by atoms with van der Waals surface area (Å²) in [5, 5.41) is 9.31. The van der Waals surface area contributed by atoms with E-state index in [9.17, 15) is 0 Å². The first kappa shape index (κ1) is 48.2. The fourth-order valence-corrected chi connectivity index (χ4v) is 13.2. The Bertz CT molecular complexity index is 1900. The van der Waals surface area contributed by atoms with Gasteiger partial charge in [-0.05, 0) is 60.8 Å². The Morgan fingerprint density at radius 3 is 1.16 bits per heavy atom. The van der Waals surface area contributed by atoms with Crippen molar-refractivity contribution in [3.8, 4) is 22.3 Å². The third-order valence-corrected chi connectivity index (χ3v) is 15.7. The van der Waals surface area contributed by atoms with Crippen LogP contribution in [-0.2, 0) is 51.9 Å². The Labute approximate surface area is 373 Å². The molecule has 0 spiro atoms. The van der Waals surface area contributed by atoms with Crippen molar-refractivity contribution < 1.29 is 51.0 Å². The Kier molecular flexibility index (Phi) is 20.1. The minimum atomic E-state index is -2.29. The maximum Gasteiger partial charge on any atom is 4.00 e. The number of unbranched alkanes of at least 4 members (excludes halogenated alkanes) is 8. The zero-order valence-corrected chi connectivity index (χ0v) is 40.3. The molecule has 6 aromatic rings. The van der Waals surface area contributed by atoms with Crippen LogP contribution in [0.2, 0.25) is 13.1 Å². The van der Waals surface area contributed by atoms with Gasteiger partial charge in [0.05, 0.1) is 0 Å². The van der Waals surface area contributed by atoms with Gasteiger partial charge in [0.1, 0.15) is 0 Å². The van der Waals surface area contributed by atoms with Gasteiger partial charge in [0.15, 0.2) is 0 Å². The molecule has 0 saturated heterocycles. The summed E-state index contributed by atoms with van der Waals surface area (Å²) in [5.74, 6) is 0. The molecule has 0 fully saturated rings. The third-order valence-electron chi connectivity index (χ3n) is 12.0. The van der Waals surface area contributed by atoms with E-state index >= 15 is 0 Å². The van der Waals surface area contributed by atoms with Crippen molar-refractivity contribution in [2.45, 2.75) is 144 Å². The van der Waals surface area contributed by atoms with Crippen LogP contribution in [0, 0.1) is 0 Å². The van der Waals surface area contributed by atoms with Crippen LogP contribution in [0.1, 0.15) is 127 Å². The van der Waals surface area contributed by atoms with E-state index in [-0.39, 0.29) is 51.0 Å². The standard InChI is InChI=1S/C52H66Si.2ClH.Zr/c1-7-11-15-17-23-45-37-43-25-19-27-47(41-33-29-39(30-34-41)21-13-9-3)49(43)51(45)53(5,6)52-46(24-18-16-12-8-2)38-44-26-20-28-48(50(44)52)42-35-31-40(32-36-42)22-14-10-4;;;/h19-20,25-38H,7-18,21-24H2,1-6H3;2*1H;/q-2;;;+4/p-2. The maximum absolute atomic E-state index is 2.71. The number of fused-ring (bicyclic) bond motifs is 2. The number of hydrogen-bond acceptors (Lipinski definition) is 0. The molecule has 0 bridgehead atoms. The van der Waals surface area contributed by atoms with Gasteiger partial charge in [-0.2, -0.15) is 10.4 Å². The first-order valence-electron chi connectivity index (χ1n) is 21.5. The molecule has 0 atom stereocenters. The molecule has 0 aromatic heterocycles. The minimum Gasteiger partial charge on any atom is -1.00 e. The van der Waals surface area contributed by atoms with Gasteiger partial charge in [-0.25, -0.2) is 0 Å². The molecule has 0 nitrogen and oxygen atoms in total. The average Bonchev–Trinajstić information content (AvgIpc) is 3.76. The van der Waals surface area contributed by atoms with Gasteiger partial charge in [0, 0.05) is 8.07 Å². The van der Waals surface area contributed by atoms with Gasteiger partial charge in [-0.1, -0.05) is 177 Å². The van der Waals surface area contributed by atoms with Gasteiger partial charge < -0.3 is 24.8 Å². The molecule has 0 unspecified atom stereocenters. The Morgan fingerprint density at radius 2 is 0.804 bits per heavy atom. The molecule has 0 heterocycles. The molecule has 0 aliphatic carbocycles. The van der Waals surface area contributed by atoms with E-state index in [4.69, 9.17) is 0 Å². The summed E-state index contributed by atoms with van der Waals surface area (Å²) in [7, 11) is -2.29. The Balaban J connectivity index is 0.00000280. The van der Waals surface area contributed by atoms with Crippen LogP contribution in [0.5, 0.6) is 0 Å². The zero-order valence-electron chi connectivity index (χ0n) is 35.3. The average molecular weight is 881 g/mol.